The number of hydrogen-bond acceptors (Lipinski definition) is 5. The Morgan fingerprint density at radius 1 is 1.42 bits per heavy atom. The number of H-pyrrole nitrogens is 1. The minimum Gasteiger partial charge on any atom is -0.464 e. The largest absolute Gasteiger partial charge is 0.464 e. The number of hydrogen-bond donors (Lipinski definition) is 4. The maximum Gasteiger partial charge on any atom is 0.354 e. The van der Waals surface area contributed by atoms with Gasteiger partial charge in [0.1, 0.15) is 11.8 Å². The van der Waals surface area contributed by atoms with Gasteiger partial charge >= 0.3 is 5.97 Å². The summed E-state index contributed by atoms with van der Waals surface area (Å²) in [5, 5.41) is 20.3. The molecule has 3 N–H and O–H groups in total. The molecule has 0 saturated heterocycles. The molecule has 1 heterocycles. The zero-order valence-electron chi connectivity index (χ0n) is 10.3. The summed E-state index contributed by atoms with van der Waals surface area (Å²) < 4.78 is 4.63. The van der Waals surface area contributed by atoms with Gasteiger partial charge < -0.3 is 19.9 Å². The van der Waals surface area contributed by atoms with E-state index >= 15 is 0 Å². The van der Waals surface area contributed by atoms with E-state index in [9.17, 15) is 15.0 Å². The Labute approximate surface area is 115 Å². The summed E-state index contributed by atoms with van der Waals surface area (Å²) in [4.78, 5) is 14.3. The van der Waals surface area contributed by atoms with Crippen LogP contribution in [0, 0.1) is 0 Å². The van der Waals surface area contributed by atoms with Crippen LogP contribution < -0.4 is 0 Å². The van der Waals surface area contributed by atoms with E-state index in [4.69, 9.17) is 0 Å². The zero-order chi connectivity index (χ0) is 14.0. The van der Waals surface area contributed by atoms with Crippen LogP contribution >= 0.6 is 12.6 Å². The molecule has 0 bridgehead atoms. The summed E-state index contributed by atoms with van der Waals surface area (Å²) in [6, 6.07) is 6.84. The van der Waals surface area contributed by atoms with Gasteiger partial charge in [0, 0.05) is 16.7 Å². The van der Waals surface area contributed by atoms with Crippen LogP contribution in [-0.2, 0) is 4.74 Å². The number of aliphatic hydroxyl groups is 2. The molecule has 19 heavy (non-hydrogen) atoms. The number of esters is 1. The van der Waals surface area contributed by atoms with E-state index in [-0.39, 0.29) is 5.75 Å². The molecule has 5 nitrogen and oxygen atoms in total. The Kier molecular flexibility index (Phi) is 4.14. The normalized spacial score (nSPS) is 14.3. The second-order valence-electron chi connectivity index (χ2n) is 4.22. The Bertz CT molecular complexity index is 595. The smallest absolute Gasteiger partial charge is 0.354 e. The molecule has 0 aliphatic heterocycles. The van der Waals surface area contributed by atoms with Gasteiger partial charge in [-0.25, -0.2) is 4.79 Å². The fourth-order valence-corrected chi connectivity index (χ4v) is 2.07. The number of aromatic amines is 1. The van der Waals surface area contributed by atoms with Gasteiger partial charge in [-0.15, -0.1) is 0 Å². The summed E-state index contributed by atoms with van der Waals surface area (Å²) >= 11 is 3.94. The number of rotatable bonds is 4. The Morgan fingerprint density at radius 2 is 2.16 bits per heavy atom. The minimum absolute atomic E-state index is 0.164. The number of benzene rings is 1. The van der Waals surface area contributed by atoms with Crippen LogP contribution in [0.15, 0.2) is 24.3 Å². The third-order valence-corrected chi connectivity index (χ3v) is 3.32. The fraction of sp³-hybridized carbons (Fsp3) is 0.308. The van der Waals surface area contributed by atoms with Gasteiger partial charge in [0.2, 0.25) is 0 Å². The first-order valence-electron chi connectivity index (χ1n) is 5.74. The molecule has 0 saturated carbocycles. The van der Waals surface area contributed by atoms with Crippen LogP contribution in [0.3, 0.4) is 0 Å². The van der Waals surface area contributed by atoms with E-state index in [1.165, 1.54) is 7.11 Å². The Morgan fingerprint density at radius 3 is 2.79 bits per heavy atom. The van der Waals surface area contributed by atoms with E-state index in [0.29, 0.717) is 16.8 Å². The molecule has 2 aromatic rings. The highest BCUT2D eigenvalue weighted by molar-refractivity contribution is 7.80. The van der Waals surface area contributed by atoms with Crippen molar-refractivity contribution in [2.75, 3.05) is 12.9 Å². The van der Waals surface area contributed by atoms with Gasteiger partial charge in [-0.3, -0.25) is 0 Å². The molecule has 102 valence electrons. The van der Waals surface area contributed by atoms with Crippen LogP contribution in [0.1, 0.15) is 22.2 Å². The Hall–Kier alpha value is -1.50. The highest BCUT2D eigenvalue weighted by atomic mass is 32.1. The number of ether oxygens (including phenoxy) is 1. The molecule has 0 amide bonds. The van der Waals surface area contributed by atoms with Crippen molar-refractivity contribution in [2.45, 2.75) is 12.2 Å². The van der Waals surface area contributed by atoms with Gasteiger partial charge in [-0.05, 0) is 17.7 Å². The lowest BCUT2D eigenvalue weighted by molar-refractivity contribution is 0.0338. The number of carbonyl (C=O) groups is 1. The second kappa shape index (κ2) is 5.64. The number of aromatic nitrogens is 1. The van der Waals surface area contributed by atoms with Gasteiger partial charge in [0.05, 0.1) is 13.2 Å². The lowest BCUT2D eigenvalue weighted by atomic mass is 10.0. The SMILES string of the molecule is COC(=O)c1cc2ccc(C(O)C(O)CS)cc2[nH]1. The predicted octanol–water partition coefficient (Wildman–Crippen LogP) is 1.28. The van der Waals surface area contributed by atoms with Crippen LogP contribution in [0.4, 0.5) is 0 Å². The molecule has 2 unspecified atom stereocenters. The van der Waals surface area contributed by atoms with Crippen molar-refractivity contribution in [2.24, 2.45) is 0 Å². The molecule has 1 aromatic heterocycles. The summed E-state index contributed by atoms with van der Waals surface area (Å²) in [5.41, 5.74) is 1.61. The predicted molar refractivity (Wildman–Crippen MR) is 74.5 cm³/mol. The topological polar surface area (TPSA) is 82.6 Å². The summed E-state index contributed by atoms with van der Waals surface area (Å²) in [7, 11) is 1.31. The highest BCUT2D eigenvalue weighted by Gasteiger charge is 2.18. The highest BCUT2D eigenvalue weighted by Crippen LogP contribution is 2.23. The third-order valence-electron chi connectivity index (χ3n) is 2.94. The van der Waals surface area contributed by atoms with Crippen LogP contribution in [0.5, 0.6) is 0 Å². The zero-order valence-corrected chi connectivity index (χ0v) is 11.2. The van der Waals surface area contributed by atoms with Crippen LogP contribution in [0.2, 0.25) is 0 Å². The van der Waals surface area contributed by atoms with Gasteiger partial charge in [-0.2, -0.15) is 12.6 Å². The molecule has 6 heteroatoms. The molecule has 0 aliphatic rings. The number of methoxy groups -OCH3 is 1. The number of fused-ring (bicyclic) bond motifs is 1. The lowest BCUT2D eigenvalue weighted by Crippen LogP contribution is -2.19. The van der Waals surface area contributed by atoms with Crippen molar-refractivity contribution in [3.8, 4) is 0 Å². The van der Waals surface area contributed by atoms with E-state index < -0.39 is 18.2 Å². The molecule has 2 rings (SSSR count). The maximum atomic E-state index is 11.4. The summed E-state index contributed by atoms with van der Waals surface area (Å²) in [5.74, 6) is -0.286. The van der Waals surface area contributed by atoms with Crippen molar-refractivity contribution in [3.63, 3.8) is 0 Å². The average molecular weight is 281 g/mol. The van der Waals surface area contributed by atoms with Crippen LogP contribution in [-0.4, -0.2) is 40.1 Å². The molecular formula is C13H15NO4S. The van der Waals surface area contributed by atoms with Crippen molar-refractivity contribution in [1.29, 1.82) is 0 Å². The molecule has 1 aromatic carbocycles. The van der Waals surface area contributed by atoms with Crippen molar-refractivity contribution in [3.05, 3.63) is 35.5 Å². The standard InChI is InChI=1S/C13H15NO4S/c1-18-13(17)10-4-7-2-3-8(5-9(7)14-10)12(16)11(15)6-19/h2-5,11-12,14-16,19H,6H2,1H3. The number of nitrogens with one attached hydrogen (secondary N) is 1. The molecule has 2 atom stereocenters. The summed E-state index contributed by atoms with van der Waals surface area (Å²) in [6.45, 7) is 0. The monoisotopic (exact) mass is 281 g/mol. The number of aliphatic hydroxyl groups excluding tert-OH is 2. The number of thiol groups is 1. The quantitative estimate of drug-likeness (QED) is 0.502. The summed E-state index contributed by atoms with van der Waals surface area (Å²) in [6.07, 6.45) is -1.94. The van der Waals surface area contributed by atoms with Crippen molar-refractivity contribution >= 4 is 29.5 Å². The average Bonchev–Trinajstić information content (AvgIpc) is 2.87. The van der Waals surface area contributed by atoms with E-state index in [2.05, 4.69) is 22.3 Å². The first-order valence-corrected chi connectivity index (χ1v) is 6.38. The first kappa shape index (κ1) is 13.9. The third kappa shape index (κ3) is 2.75. The molecule has 0 fully saturated rings. The molecular weight excluding hydrogens is 266 g/mol. The van der Waals surface area contributed by atoms with E-state index in [1.807, 2.05) is 0 Å². The number of carbonyl (C=O) groups excluding carboxylic acids is 1. The van der Waals surface area contributed by atoms with Crippen LogP contribution in [0.25, 0.3) is 10.9 Å². The van der Waals surface area contributed by atoms with E-state index in [0.717, 1.165) is 5.39 Å². The molecule has 0 radical (unpaired) electrons. The fourth-order valence-electron chi connectivity index (χ4n) is 1.87. The van der Waals surface area contributed by atoms with Gasteiger partial charge in [-0.1, -0.05) is 12.1 Å². The minimum atomic E-state index is -1.01. The first-order chi connectivity index (χ1) is 9.06. The maximum absolute atomic E-state index is 11.4. The van der Waals surface area contributed by atoms with Crippen molar-refractivity contribution < 1.29 is 19.7 Å². The molecule has 0 aliphatic carbocycles. The van der Waals surface area contributed by atoms with Gasteiger partial charge in [0.25, 0.3) is 0 Å². The van der Waals surface area contributed by atoms with Gasteiger partial charge in [0.15, 0.2) is 0 Å². The molecule has 0 spiro atoms. The second-order valence-corrected chi connectivity index (χ2v) is 4.58. The van der Waals surface area contributed by atoms with E-state index in [1.54, 1.807) is 24.3 Å². The Balaban J connectivity index is 2.37. The van der Waals surface area contributed by atoms with Crippen molar-refractivity contribution in [1.82, 2.24) is 4.98 Å². The lowest BCUT2D eigenvalue weighted by Gasteiger charge is -2.15.